The van der Waals surface area contributed by atoms with Crippen molar-refractivity contribution < 1.29 is 18.0 Å². The first-order chi connectivity index (χ1) is 13.3. The lowest BCUT2D eigenvalue weighted by Crippen LogP contribution is -2.33. The molecule has 2 heterocycles. The number of anilines is 2. The summed E-state index contributed by atoms with van der Waals surface area (Å²) in [4.78, 5) is 33.7. The second-order valence-corrected chi connectivity index (χ2v) is 8.41. The van der Waals surface area contributed by atoms with E-state index in [0.29, 0.717) is 12.2 Å². The third kappa shape index (κ3) is 4.45. The van der Waals surface area contributed by atoms with E-state index in [1.807, 2.05) is 13.8 Å². The lowest BCUT2D eigenvalue weighted by atomic mass is 10.1. The van der Waals surface area contributed by atoms with E-state index < -0.39 is 15.9 Å². The molecule has 1 aromatic heterocycles. The Hall–Kier alpha value is -3.01. The highest BCUT2D eigenvalue weighted by Gasteiger charge is 2.35. The van der Waals surface area contributed by atoms with Crippen LogP contribution in [0.5, 0.6) is 0 Å². The Bertz CT molecular complexity index is 961. The summed E-state index contributed by atoms with van der Waals surface area (Å²) in [5.74, 6) is -0.746. The topological polar surface area (TPSA) is 121 Å². The lowest BCUT2D eigenvalue weighted by molar-refractivity contribution is -0.129. The van der Waals surface area contributed by atoms with Crippen LogP contribution < -0.4 is 10.0 Å². The van der Waals surface area contributed by atoms with E-state index in [0.717, 1.165) is 0 Å². The van der Waals surface area contributed by atoms with Crippen molar-refractivity contribution in [3.8, 4) is 0 Å². The van der Waals surface area contributed by atoms with Gasteiger partial charge in [-0.05, 0) is 44.2 Å². The Morgan fingerprint density at radius 1 is 1.18 bits per heavy atom. The van der Waals surface area contributed by atoms with Crippen molar-refractivity contribution in [1.29, 1.82) is 0 Å². The molecule has 1 aliphatic heterocycles. The van der Waals surface area contributed by atoms with Gasteiger partial charge < -0.3 is 10.2 Å². The molecule has 1 aliphatic rings. The van der Waals surface area contributed by atoms with Gasteiger partial charge in [0.05, 0.1) is 10.8 Å². The molecule has 0 bridgehead atoms. The molecule has 1 atom stereocenters. The van der Waals surface area contributed by atoms with Crippen LogP contribution in [-0.2, 0) is 19.6 Å². The number of sulfonamides is 1. The zero-order valence-corrected chi connectivity index (χ0v) is 16.3. The fraction of sp³-hybridized carbons (Fsp3) is 0.333. The molecule has 0 radical (unpaired) electrons. The lowest BCUT2D eigenvalue weighted by Gasteiger charge is -2.20. The zero-order chi connectivity index (χ0) is 20.3. The van der Waals surface area contributed by atoms with Crippen molar-refractivity contribution in [1.82, 2.24) is 14.9 Å². The Labute approximate surface area is 163 Å². The van der Waals surface area contributed by atoms with Gasteiger partial charge in [-0.25, -0.2) is 23.1 Å². The molecule has 0 spiro atoms. The van der Waals surface area contributed by atoms with Crippen LogP contribution in [0.1, 0.15) is 20.3 Å². The maximum absolute atomic E-state index is 12.4. The number of carbonyl (C=O) groups is 2. The number of nitrogens with zero attached hydrogens (tertiary/aromatic N) is 3. The number of rotatable bonds is 6. The summed E-state index contributed by atoms with van der Waals surface area (Å²) in [6.07, 6.45) is 3.03. The van der Waals surface area contributed by atoms with Gasteiger partial charge in [-0.2, -0.15) is 0 Å². The standard InChI is InChI=1S/C18H21N5O4S/c1-12(2)23-11-13(10-16(23)24)17(25)21-14-4-6-15(7-5-14)28(26,27)22-18-19-8-3-9-20-18/h3-9,12-13H,10-11H2,1-2H3,(H,21,25)(H,19,20,22)/t13-/m1/s1. The highest BCUT2D eigenvalue weighted by Crippen LogP contribution is 2.22. The van der Waals surface area contributed by atoms with Crippen LogP contribution in [0.4, 0.5) is 11.6 Å². The van der Waals surface area contributed by atoms with Crippen molar-refractivity contribution in [3.05, 3.63) is 42.7 Å². The average molecular weight is 403 g/mol. The van der Waals surface area contributed by atoms with E-state index in [2.05, 4.69) is 20.0 Å². The number of likely N-dealkylation sites (tertiary alicyclic amines) is 1. The van der Waals surface area contributed by atoms with Crippen LogP contribution in [-0.4, -0.2) is 47.7 Å². The summed E-state index contributed by atoms with van der Waals surface area (Å²) in [7, 11) is -3.84. The molecule has 0 saturated carbocycles. The SMILES string of the molecule is CC(C)N1C[C@H](C(=O)Nc2ccc(S(=O)(=O)Nc3ncccn3)cc2)CC1=O. The van der Waals surface area contributed by atoms with Crippen LogP contribution >= 0.6 is 0 Å². The minimum absolute atomic E-state index is 0.0139. The van der Waals surface area contributed by atoms with Crippen LogP contribution in [0.25, 0.3) is 0 Å². The molecule has 0 aliphatic carbocycles. The molecule has 28 heavy (non-hydrogen) atoms. The Morgan fingerprint density at radius 2 is 1.82 bits per heavy atom. The predicted molar refractivity (Wildman–Crippen MR) is 103 cm³/mol. The highest BCUT2D eigenvalue weighted by atomic mass is 32.2. The van der Waals surface area contributed by atoms with Gasteiger partial charge in [-0.15, -0.1) is 0 Å². The fourth-order valence-corrected chi connectivity index (χ4v) is 3.86. The van der Waals surface area contributed by atoms with E-state index in [1.54, 1.807) is 11.0 Å². The largest absolute Gasteiger partial charge is 0.339 e. The Balaban J connectivity index is 1.64. The number of carbonyl (C=O) groups excluding carboxylic acids is 2. The summed E-state index contributed by atoms with van der Waals surface area (Å²) in [6, 6.07) is 7.37. The first-order valence-electron chi connectivity index (χ1n) is 8.76. The van der Waals surface area contributed by atoms with Gasteiger partial charge in [0.1, 0.15) is 0 Å². The van der Waals surface area contributed by atoms with E-state index in [-0.39, 0.29) is 35.1 Å². The van der Waals surface area contributed by atoms with Gasteiger partial charge in [-0.1, -0.05) is 0 Å². The quantitative estimate of drug-likeness (QED) is 0.753. The van der Waals surface area contributed by atoms with Gasteiger partial charge in [-0.3, -0.25) is 9.59 Å². The maximum Gasteiger partial charge on any atom is 0.264 e. The second kappa shape index (κ2) is 7.93. The average Bonchev–Trinajstić information content (AvgIpc) is 3.05. The molecule has 9 nitrogen and oxygen atoms in total. The third-order valence-corrected chi connectivity index (χ3v) is 5.72. The number of amides is 2. The first kappa shape index (κ1) is 19.7. The minimum Gasteiger partial charge on any atom is -0.339 e. The van der Waals surface area contributed by atoms with E-state index in [1.165, 1.54) is 36.7 Å². The van der Waals surface area contributed by atoms with Crippen LogP contribution in [0.15, 0.2) is 47.6 Å². The molecule has 2 aromatic rings. The van der Waals surface area contributed by atoms with Gasteiger partial charge in [0.15, 0.2) is 0 Å². The summed E-state index contributed by atoms with van der Waals surface area (Å²) < 4.78 is 27.0. The van der Waals surface area contributed by atoms with Crippen molar-refractivity contribution in [2.45, 2.75) is 31.2 Å². The van der Waals surface area contributed by atoms with E-state index in [9.17, 15) is 18.0 Å². The number of benzene rings is 1. The molecule has 148 valence electrons. The third-order valence-electron chi connectivity index (χ3n) is 4.38. The minimum atomic E-state index is -3.84. The normalized spacial score (nSPS) is 17.0. The maximum atomic E-state index is 12.4. The molecule has 10 heteroatoms. The summed E-state index contributed by atoms with van der Waals surface area (Å²) in [5, 5.41) is 2.73. The number of aromatic nitrogens is 2. The predicted octanol–water partition coefficient (Wildman–Crippen LogP) is 1.47. The van der Waals surface area contributed by atoms with E-state index >= 15 is 0 Å². The molecule has 3 rings (SSSR count). The molecule has 2 amide bonds. The molecular weight excluding hydrogens is 382 g/mol. The van der Waals surface area contributed by atoms with Crippen molar-refractivity contribution in [2.24, 2.45) is 5.92 Å². The summed E-state index contributed by atoms with van der Waals surface area (Å²) >= 11 is 0. The monoisotopic (exact) mass is 403 g/mol. The molecule has 2 N–H and O–H groups in total. The molecule has 1 aromatic carbocycles. The number of hydrogen-bond donors (Lipinski definition) is 2. The van der Waals surface area contributed by atoms with Gasteiger partial charge in [0.25, 0.3) is 10.0 Å². The second-order valence-electron chi connectivity index (χ2n) is 6.73. The molecule has 1 saturated heterocycles. The van der Waals surface area contributed by atoms with Crippen LogP contribution in [0.2, 0.25) is 0 Å². The van der Waals surface area contributed by atoms with Gasteiger partial charge >= 0.3 is 0 Å². The smallest absolute Gasteiger partial charge is 0.264 e. The van der Waals surface area contributed by atoms with Crippen molar-refractivity contribution >= 4 is 33.5 Å². The summed E-state index contributed by atoms with van der Waals surface area (Å²) in [6.45, 7) is 4.20. The summed E-state index contributed by atoms with van der Waals surface area (Å²) in [5.41, 5.74) is 0.454. The van der Waals surface area contributed by atoms with Gasteiger partial charge in [0, 0.05) is 37.1 Å². The fourth-order valence-electron chi connectivity index (χ4n) is 2.90. The van der Waals surface area contributed by atoms with Gasteiger partial charge in [0.2, 0.25) is 17.8 Å². The molecular formula is C18H21N5O4S. The van der Waals surface area contributed by atoms with Crippen molar-refractivity contribution in [3.63, 3.8) is 0 Å². The Kier molecular flexibility index (Phi) is 5.59. The number of hydrogen-bond acceptors (Lipinski definition) is 6. The Morgan fingerprint density at radius 3 is 2.39 bits per heavy atom. The zero-order valence-electron chi connectivity index (χ0n) is 15.5. The molecule has 0 unspecified atom stereocenters. The first-order valence-corrected chi connectivity index (χ1v) is 10.2. The van der Waals surface area contributed by atoms with Crippen LogP contribution in [0.3, 0.4) is 0 Å². The van der Waals surface area contributed by atoms with Crippen LogP contribution in [0, 0.1) is 5.92 Å². The molecule has 1 fully saturated rings. The van der Waals surface area contributed by atoms with E-state index in [4.69, 9.17) is 0 Å². The van der Waals surface area contributed by atoms with Crippen molar-refractivity contribution in [2.75, 3.05) is 16.6 Å². The highest BCUT2D eigenvalue weighted by molar-refractivity contribution is 7.92. The number of nitrogens with one attached hydrogen (secondary N) is 2.